The van der Waals surface area contributed by atoms with Crippen LogP contribution < -0.4 is 9.80 Å². The van der Waals surface area contributed by atoms with Crippen LogP contribution in [0.2, 0.25) is 0 Å². The number of halogens is 1. The number of carbonyl (C=O) groups excluding carboxylic acids is 1. The second kappa shape index (κ2) is 10.7. The zero-order valence-electron chi connectivity index (χ0n) is 22.8. The van der Waals surface area contributed by atoms with Gasteiger partial charge in [0.05, 0.1) is 23.1 Å². The number of aromatic nitrogens is 4. The summed E-state index contributed by atoms with van der Waals surface area (Å²) in [5, 5.41) is 15.4. The van der Waals surface area contributed by atoms with Gasteiger partial charge in [-0.3, -0.25) is 4.79 Å². The Hall–Kier alpha value is -4.76. The van der Waals surface area contributed by atoms with Gasteiger partial charge in [-0.15, -0.1) is 0 Å². The number of nitrogens with zero attached hydrogens (tertiary/aromatic N) is 8. The van der Waals surface area contributed by atoms with Gasteiger partial charge in [0.25, 0.3) is 5.91 Å². The molecule has 1 aliphatic heterocycles. The molecule has 4 aromatic heterocycles. The lowest BCUT2D eigenvalue weighted by Crippen LogP contribution is -2.48. The molecule has 10 nitrogen and oxygen atoms in total. The van der Waals surface area contributed by atoms with Crippen LogP contribution >= 0.6 is 11.3 Å². The SMILES string of the molecule is CCc1nn2c(C)cc(N3CCN(C(=O)c4cnco4)CC3)cc2c1N(C)c1nc(-c2ccc(F)cc2)c(C#N)s1. The lowest BCUT2D eigenvalue weighted by Gasteiger charge is -2.36. The zero-order chi connectivity index (χ0) is 28.7. The van der Waals surface area contributed by atoms with E-state index >= 15 is 0 Å². The van der Waals surface area contributed by atoms with Crippen LogP contribution in [0.3, 0.4) is 0 Å². The van der Waals surface area contributed by atoms with E-state index in [4.69, 9.17) is 14.5 Å². The number of pyridine rings is 1. The first-order chi connectivity index (χ1) is 19.9. The van der Waals surface area contributed by atoms with E-state index in [2.05, 4.69) is 35.0 Å². The van der Waals surface area contributed by atoms with Crippen molar-refractivity contribution in [3.8, 4) is 17.3 Å². The Morgan fingerprint density at radius 2 is 1.95 bits per heavy atom. The first-order valence-electron chi connectivity index (χ1n) is 13.2. The average Bonchev–Trinajstić information content (AvgIpc) is 3.76. The monoisotopic (exact) mass is 570 g/mol. The number of hydrogen-bond donors (Lipinski definition) is 0. The molecule has 41 heavy (non-hydrogen) atoms. The fourth-order valence-corrected chi connectivity index (χ4v) is 6.04. The Kier molecular flexibility index (Phi) is 6.88. The number of rotatable bonds is 6. The van der Waals surface area contributed by atoms with Crippen molar-refractivity contribution < 1.29 is 13.6 Å². The Labute approximate surface area is 239 Å². The standard InChI is InChI=1S/C29H27FN8O2S/c1-4-22-27(35(3)29-33-26(25(15-31)41-29)19-5-7-20(30)8-6-19)23-14-21(13-18(2)38(23)34-22)36-9-11-37(12-10-36)28(39)24-16-32-17-40-24/h5-8,13-14,16-17H,4,9-12H2,1-3H3. The molecule has 208 valence electrons. The summed E-state index contributed by atoms with van der Waals surface area (Å²) in [6.07, 6.45) is 3.42. The summed E-state index contributed by atoms with van der Waals surface area (Å²) < 4.78 is 20.7. The number of aryl methyl sites for hydroxylation is 2. The van der Waals surface area contributed by atoms with E-state index < -0.39 is 0 Å². The summed E-state index contributed by atoms with van der Waals surface area (Å²) in [7, 11) is 1.93. The zero-order valence-corrected chi connectivity index (χ0v) is 23.7. The highest BCUT2D eigenvalue weighted by Gasteiger charge is 2.27. The number of hydrogen-bond acceptors (Lipinski definition) is 9. The van der Waals surface area contributed by atoms with E-state index in [0.29, 0.717) is 53.9 Å². The van der Waals surface area contributed by atoms with Crippen LogP contribution in [0.4, 0.5) is 20.9 Å². The molecule has 5 heterocycles. The molecule has 0 radical (unpaired) electrons. The summed E-state index contributed by atoms with van der Waals surface area (Å²) >= 11 is 1.29. The second-order valence-electron chi connectivity index (χ2n) is 9.80. The van der Waals surface area contributed by atoms with Crippen molar-refractivity contribution in [3.63, 3.8) is 0 Å². The Bertz CT molecular complexity index is 1760. The lowest BCUT2D eigenvalue weighted by molar-refractivity contribution is 0.0714. The molecule has 0 atom stereocenters. The predicted molar refractivity (Wildman–Crippen MR) is 154 cm³/mol. The summed E-state index contributed by atoms with van der Waals surface area (Å²) in [5.41, 5.74) is 6.00. The third-order valence-corrected chi connectivity index (χ3v) is 8.34. The van der Waals surface area contributed by atoms with Crippen molar-refractivity contribution in [1.82, 2.24) is 24.5 Å². The van der Waals surface area contributed by atoms with Crippen LogP contribution in [-0.4, -0.2) is 63.6 Å². The summed E-state index contributed by atoms with van der Waals surface area (Å²) in [4.78, 5) is 27.8. The number of anilines is 3. The highest BCUT2D eigenvalue weighted by atomic mass is 32.1. The maximum Gasteiger partial charge on any atom is 0.291 e. The van der Waals surface area contributed by atoms with E-state index in [1.54, 1.807) is 17.0 Å². The molecule has 0 aliphatic carbocycles. The van der Waals surface area contributed by atoms with E-state index in [-0.39, 0.29) is 17.5 Å². The van der Waals surface area contributed by atoms with Crippen LogP contribution in [0.1, 0.15) is 33.7 Å². The minimum Gasteiger partial charge on any atom is -0.438 e. The Morgan fingerprint density at radius 1 is 1.20 bits per heavy atom. The third-order valence-electron chi connectivity index (χ3n) is 7.31. The molecule has 1 fully saturated rings. The normalized spacial score (nSPS) is 13.5. The molecule has 1 aromatic carbocycles. The van der Waals surface area contributed by atoms with Gasteiger partial charge in [0.15, 0.2) is 11.5 Å². The minimum absolute atomic E-state index is 0.152. The minimum atomic E-state index is -0.340. The van der Waals surface area contributed by atoms with Gasteiger partial charge in [-0.1, -0.05) is 18.3 Å². The maximum absolute atomic E-state index is 13.5. The van der Waals surface area contributed by atoms with Crippen molar-refractivity contribution >= 4 is 39.3 Å². The number of carbonyl (C=O) groups is 1. The fourth-order valence-electron chi connectivity index (χ4n) is 5.18. The quantitative estimate of drug-likeness (QED) is 0.279. The number of piperazine rings is 1. The Morgan fingerprint density at radius 3 is 2.61 bits per heavy atom. The predicted octanol–water partition coefficient (Wildman–Crippen LogP) is 5.06. The first-order valence-corrected chi connectivity index (χ1v) is 14.0. The smallest absolute Gasteiger partial charge is 0.291 e. The molecule has 1 saturated heterocycles. The van der Waals surface area contributed by atoms with E-state index in [9.17, 15) is 14.4 Å². The van der Waals surface area contributed by atoms with Gasteiger partial charge in [-0.25, -0.2) is 18.9 Å². The third kappa shape index (κ3) is 4.78. The van der Waals surface area contributed by atoms with Crippen LogP contribution in [-0.2, 0) is 6.42 Å². The molecule has 0 unspecified atom stereocenters. The molecule has 0 spiro atoms. The van der Waals surface area contributed by atoms with Crippen LogP contribution in [0, 0.1) is 24.1 Å². The van der Waals surface area contributed by atoms with Crippen LogP contribution in [0.25, 0.3) is 16.8 Å². The van der Waals surface area contributed by atoms with Crippen molar-refractivity contribution in [2.24, 2.45) is 0 Å². The average molecular weight is 571 g/mol. The molecule has 6 rings (SSSR count). The highest BCUT2D eigenvalue weighted by Crippen LogP contribution is 2.39. The molecule has 0 saturated carbocycles. The van der Waals surface area contributed by atoms with Gasteiger partial charge in [-0.2, -0.15) is 10.4 Å². The van der Waals surface area contributed by atoms with E-state index in [1.165, 1.54) is 36.1 Å². The molecule has 0 N–H and O–H groups in total. The number of fused-ring (bicyclic) bond motifs is 1. The number of nitriles is 1. The molecule has 1 aliphatic rings. The number of thiazole rings is 1. The summed E-state index contributed by atoms with van der Waals surface area (Å²) in [5.74, 6) is -0.242. The van der Waals surface area contributed by atoms with Crippen molar-refractivity contribution in [1.29, 1.82) is 5.26 Å². The van der Waals surface area contributed by atoms with Gasteiger partial charge >= 0.3 is 0 Å². The molecule has 1 amide bonds. The van der Waals surface area contributed by atoms with Crippen molar-refractivity contribution in [2.45, 2.75) is 20.3 Å². The molecular weight excluding hydrogens is 543 g/mol. The molecular formula is C29H27FN8O2S. The Balaban J connectivity index is 1.33. The van der Waals surface area contributed by atoms with Gasteiger partial charge in [0.2, 0.25) is 5.76 Å². The van der Waals surface area contributed by atoms with Crippen LogP contribution in [0.15, 0.2) is 53.4 Å². The lowest BCUT2D eigenvalue weighted by atomic mass is 10.1. The molecule has 5 aromatic rings. The molecule has 0 bridgehead atoms. The first kappa shape index (κ1) is 26.5. The van der Waals surface area contributed by atoms with Gasteiger partial charge in [-0.05, 0) is 49.7 Å². The summed E-state index contributed by atoms with van der Waals surface area (Å²) in [6, 6.07) is 12.5. The fraction of sp³-hybridized carbons (Fsp3) is 0.276. The maximum atomic E-state index is 13.5. The topological polar surface area (TPSA) is 107 Å². The van der Waals surface area contributed by atoms with Gasteiger partial charge < -0.3 is 19.1 Å². The second-order valence-corrected chi connectivity index (χ2v) is 10.8. The van der Waals surface area contributed by atoms with Gasteiger partial charge in [0.1, 0.15) is 22.5 Å². The number of benzene rings is 1. The number of amides is 1. The number of oxazole rings is 1. The highest BCUT2D eigenvalue weighted by molar-refractivity contribution is 7.16. The van der Waals surface area contributed by atoms with E-state index in [0.717, 1.165) is 28.3 Å². The largest absolute Gasteiger partial charge is 0.438 e. The van der Waals surface area contributed by atoms with E-state index in [1.807, 2.05) is 23.4 Å². The van der Waals surface area contributed by atoms with Crippen LogP contribution in [0.5, 0.6) is 0 Å². The van der Waals surface area contributed by atoms with Crippen molar-refractivity contribution in [2.75, 3.05) is 43.0 Å². The van der Waals surface area contributed by atoms with Crippen molar-refractivity contribution in [3.05, 3.63) is 76.8 Å². The molecule has 12 heteroatoms. The van der Waals surface area contributed by atoms with Gasteiger partial charge in [0, 0.05) is 50.2 Å². The summed E-state index contributed by atoms with van der Waals surface area (Å²) in [6.45, 7) is 6.58.